The molecule has 1 fully saturated rings. The van der Waals surface area contributed by atoms with Crippen LogP contribution in [0.5, 0.6) is 0 Å². The van der Waals surface area contributed by atoms with Gasteiger partial charge in [-0.1, -0.05) is 6.42 Å². The summed E-state index contributed by atoms with van der Waals surface area (Å²) in [6.07, 6.45) is 6.98. The van der Waals surface area contributed by atoms with E-state index in [-0.39, 0.29) is 17.7 Å². The fourth-order valence-electron chi connectivity index (χ4n) is 2.43. The molecule has 1 aliphatic carbocycles. The highest BCUT2D eigenvalue weighted by Crippen LogP contribution is 2.23. The molecule has 2 unspecified atom stereocenters. The van der Waals surface area contributed by atoms with Crippen molar-refractivity contribution in [1.82, 2.24) is 9.71 Å². The van der Waals surface area contributed by atoms with Crippen LogP contribution in [0.2, 0.25) is 0 Å². The lowest BCUT2D eigenvalue weighted by molar-refractivity contribution is 0.469. The number of aryl methyl sites for hydroxylation is 1. The highest BCUT2D eigenvalue weighted by molar-refractivity contribution is 7.89. The lowest BCUT2D eigenvalue weighted by atomic mass is 10.1. The van der Waals surface area contributed by atoms with E-state index in [1.54, 1.807) is 12.4 Å². The molecule has 0 aliphatic heterocycles. The van der Waals surface area contributed by atoms with E-state index in [4.69, 9.17) is 5.73 Å². The summed E-state index contributed by atoms with van der Waals surface area (Å²) in [6, 6.07) is 3.81. The second kappa shape index (κ2) is 6.45. The average Bonchev–Trinajstić information content (AvgIpc) is 2.81. The minimum absolute atomic E-state index is 0.110. The molecule has 1 aromatic heterocycles. The Morgan fingerprint density at radius 3 is 2.68 bits per heavy atom. The van der Waals surface area contributed by atoms with Gasteiger partial charge < -0.3 is 5.73 Å². The van der Waals surface area contributed by atoms with Gasteiger partial charge in [-0.15, -0.1) is 0 Å². The van der Waals surface area contributed by atoms with Crippen LogP contribution in [0, 0.1) is 5.92 Å². The Bertz CT molecular complexity index is 490. The Labute approximate surface area is 114 Å². The molecule has 3 N–H and O–H groups in total. The van der Waals surface area contributed by atoms with E-state index < -0.39 is 10.0 Å². The number of nitrogens with two attached hydrogens (primary N) is 1. The third-order valence-electron chi connectivity index (χ3n) is 3.69. The predicted molar refractivity (Wildman–Crippen MR) is 75.0 cm³/mol. The predicted octanol–water partition coefficient (Wildman–Crippen LogP) is 0.671. The highest BCUT2D eigenvalue weighted by Gasteiger charge is 2.25. The maximum atomic E-state index is 11.9. The van der Waals surface area contributed by atoms with Crippen molar-refractivity contribution in [3.05, 3.63) is 30.1 Å². The maximum Gasteiger partial charge on any atom is 0.211 e. The first kappa shape index (κ1) is 14.4. The minimum Gasteiger partial charge on any atom is -0.327 e. The minimum atomic E-state index is -3.22. The van der Waals surface area contributed by atoms with E-state index in [0.29, 0.717) is 13.0 Å². The zero-order chi connectivity index (χ0) is 13.7. The van der Waals surface area contributed by atoms with E-state index in [1.165, 1.54) is 0 Å². The topological polar surface area (TPSA) is 85.1 Å². The molecular formula is C13H21N3O2S. The molecule has 0 aromatic carbocycles. The van der Waals surface area contributed by atoms with E-state index in [9.17, 15) is 8.42 Å². The average molecular weight is 283 g/mol. The van der Waals surface area contributed by atoms with E-state index >= 15 is 0 Å². The largest absolute Gasteiger partial charge is 0.327 e. The first-order valence-electron chi connectivity index (χ1n) is 6.69. The molecule has 1 aliphatic rings. The Morgan fingerprint density at radius 1 is 1.32 bits per heavy atom. The Morgan fingerprint density at radius 2 is 2.05 bits per heavy atom. The normalized spacial score (nSPS) is 23.6. The summed E-state index contributed by atoms with van der Waals surface area (Å²) in [5.74, 6) is 0.398. The molecule has 0 amide bonds. The van der Waals surface area contributed by atoms with Crippen LogP contribution >= 0.6 is 0 Å². The summed E-state index contributed by atoms with van der Waals surface area (Å²) in [7, 11) is -3.22. The third-order valence-corrected chi connectivity index (χ3v) is 5.04. The van der Waals surface area contributed by atoms with Gasteiger partial charge in [-0.3, -0.25) is 4.98 Å². The van der Waals surface area contributed by atoms with Crippen LogP contribution in [-0.2, 0) is 16.4 Å². The van der Waals surface area contributed by atoms with Gasteiger partial charge in [0.15, 0.2) is 0 Å². The van der Waals surface area contributed by atoms with Gasteiger partial charge in [0, 0.05) is 25.0 Å². The molecule has 1 heterocycles. The molecule has 1 aromatic rings. The first-order chi connectivity index (χ1) is 9.07. The number of rotatable bonds is 6. The van der Waals surface area contributed by atoms with E-state index in [0.717, 1.165) is 24.8 Å². The highest BCUT2D eigenvalue weighted by atomic mass is 32.2. The van der Waals surface area contributed by atoms with Crippen LogP contribution in [0.15, 0.2) is 24.5 Å². The molecule has 0 radical (unpaired) electrons. The molecule has 0 spiro atoms. The zero-order valence-electron chi connectivity index (χ0n) is 11.0. The number of hydrogen-bond acceptors (Lipinski definition) is 4. The summed E-state index contributed by atoms with van der Waals surface area (Å²) in [6.45, 7) is 0.472. The van der Waals surface area contributed by atoms with Gasteiger partial charge in [0.25, 0.3) is 0 Å². The van der Waals surface area contributed by atoms with E-state index in [2.05, 4.69) is 9.71 Å². The monoisotopic (exact) mass is 283 g/mol. The molecule has 2 rings (SSSR count). The number of hydrogen-bond donors (Lipinski definition) is 2. The van der Waals surface area contributed by atoms with Crippen molar-refractivity contribution < 1.29 is 8.42 Å². The van der Waals surface area contributed by atoms with Crippen molar-refractivity contribution in [3.63, 3.8) is 0 Å². The Hall–Kier alpha value is -0.980. The lowest BCUT2D eigenvalue weighted by Crippen LogP contribution is -2.37. The van der Waals surface area contributed by atoms with Gasteiger partial charge in [0.2, 0.25) is 10.0 Å². The number of nitrogens with zero attached hydrogens (tertiary/aromatic N) is 1. The Kier molecular flexibility index (Phi) is 4.90. The van der Waals surface area contributed by atoms with Crippen molar-refractivity contribution in [2.45, 2.75) is 31.7 Å². The number of pyridine rings is 1. The maximum absolute atomic E-state index is 11.9. The van der Waals surface area contributed by atoms with Crippen molar-refractivity contribution in [3.8, 4) is 0 Å². The molecule has 5 nitrogen and oxygen atoms in total. The summed E-state index contributed by atoms with van der Waals surface area (Å²) in [5, 5.41) is 0. The van der Waals surface area contributed by atoms with Crippen LogP contribution in [0.25, 0.3) is 0 Å². The molecule has 1 saturated carbocycles. The number of sulfonamides is 1. The summed E-state index contributed by atoms with van der Waals surface area (Å²) in [4.78, 5) is 3.91. The molecular weight excluding hydrogens is 262 g/mol. The van der Waals surface area contributed by atoms with Gasteiger partial charge >= 0.3 is 0 Å². The van der Waals surface area contributed by atoms with Crippen molar-refractivity contribution in [2.24, 2.45) is 11.7 Å². The third kappa shape index (κ3) is 4.56. The fraction of sp³-hybridized carbons (Fsp3) is 0.615. The SMILES string of the molecule is NC1CCCC1CNS(=O)(=O)CCc1ccncc1. The van der Waals surface area contributed by atoms with Crippen molar-refractivity contribution in [1.29, 1.82) is 0 Å². The first-order valence-corrected chi connectivity index (χ1v) is 8.34. The van der Waals surface area contributed by atoms with Crippen LogP contribution in [-0.4, -0.2) is 31.7 Å². The Balaban J connectivity index is 1.79. The number of nitrogens with one attached hydrogen (secondary N) is 1. The van der Waals surface area contributed by atoms with Gasteiger partial charge in [0.05, 0.1) is 5.75 Å². The molecule has 19 heavy (non-hydrogen) atoms. The van der Waals surface area contributed by atoms with Gasteiger partial charge in [-0.05, 0) is 42.9 Å². The van der Waals surface area contributed by atoms with Crippen molar-refractivity contribution >= 4 is 10.0 Å². The van der Waals surface area contributed by atoms with Crippen LogP contribution < -0.4 is 10.5 Å². The summed E-state index contributed by atoms with van der Waals surface area (Å²) < 4.78 is 26.5. The molecule has 2 atom stereocenters. The smallest absolute Gasteiger partial charge is 0.211 e. The van der Waals surface area contributed by atoms with Crippen LogP contribution in [0.1, 0.15) is 24.8 Å². The van der Waals surface area contributed by atoms with E-state index in [1.807, 2.05) is 12.1 Å². The van der Waals surface area contributed by atoms with Crippen molar-refractivity contribution in [2.75, 3.05) is 12.3 Å². The summed E-state index contributed by atoms with van der Waals surface area (Å²) in [5.41, 5.74) is 6.92. The standard InChI is InChI=1S/C13H21N3O2S/c14-13-3-1-2-12(13)10-16-19(17,18)9-6-11-4-7-15-8-5-11/h4-5,7-8,12-13,16H,1-3,6,9-10,14H2. The molecule has 106 valence electrons. The van der Waals surface area contributed by atoms with Gasteiger partial charge in [-0.25, -0.2) is 13.1 Å². The van der Waals surface area contributed by atoms with Gasteiger partial charge in [0.1, 0.15) is 0 Å². The number of aromatic nitrogens is 1. The molecule has 6 heteroatoms. The lowest BCUT2D eigenvalue weighted by Gasteiger charge is -2.16. The quantitative estimate of drug-likeness (QED) is 0.803. The molecule has 0 saturated heterocycles. The fourth-order valence-corrected chi connectivity index (χ4v) is 3.54. The molecule has 0 bridgehead atoms. The van der Waals surface area contributed by atoms with Crippen LogP contribution in [0.3, 0.4) is 0 Å². The second-order valence-electron chi connectivity index (χ2n) is 5.13. The second-order valence-corrected chi connectivity index (χ2v) is 7.05. The van der Waals surface area contributed by atoms with Gasteiger partial charge in [-0.2, -0.15) is 0 Å². The zero-order valence-corrected chi connectivity index (χ0v) is 11.8. The van der Waals surface area contributed by atoms with Crippen LogP contribution in [0.4, 0.5) is 0 Å². The summed E-state index contributed by atoms with van der Waals surface area (Å²) >= 11 is 0.